The number of hydrogen-bond acceptors (Lipinski definition) is 3. The molecule has 0 spiro atoms. The molecule has 0 radical (unpaired) electrons. The molecule has 0 saturated carbocycles. The van der Waals surface area contributed by atoms with Gasteiger partial charge in [-0.25, -0.2) is 8.78 Å². The molecule has 0 unspecified atom stereocenters. The summed E-state index contributed by atoms with van der Waals surface area (Å²) in [4.78, 5) is 11.7. The Morgan fingerprint density at radius 3 is 2.52 bits per heavy atom. The maximum absolute atomic E-state index is 13.6. The number of thioether (sulfide) groups is 2. The Kier molecular flexibility index (Phi) is 8.58. The number of nitrogens with one attached hydrogen (secondary N) is 1. The van der Waals surface area contributed by atoms with Crippen LogP contribution in [-0.2, 0) is 16.3 Å². The normalized spacial score (nSPS) is 10.7. The lowest BCUT2D eigenvalue weighted by Gasteiger charge is -2.07. The Labute approximate surface area is 159 Å². The summed E-state index contributed by atoms with van der Waals surface area (Å²) in [6.45, 7) is 0.521. The van der Waals surface area contributed by atoms with Crippen molar-refractivity contribution in [2.24, 2.45) is 0 Å². The van der Waals surface area contributed by atoms with Gasteiger partial charge in [-0.15, -0.1) is 11.8 Å². The van der Waals surface area contributed by atoms with Crippen LogP contribution in [0.2, 0.25) is 5.02 Å². The maximum atomic E-state index is 13.6. The molecule has 25 heavy (non-hydrogen) atoms. The molecule has 2 aromatic carbocycles. The molecule has 0 atom stereocenters. The summed E-state index contributed by atoms with van der Waals surface area (Å²) < 4.78 is 26.4. The molecule has 2 aromatic rings. The third-order valence-electron chi connectivity index (χ3n) is 3.29. The van der Waals surface area contributed by atoms with Crippen molar-refractivity contribution in [3.05, 3.63) is 70.2 Å². The van der Waals surface area contributed by atoms with Crippen molar-refractivity contribution < 1.29 is 13.6 Å². The van der Waals surface area contributed by atoms with Gasteiger partial charge in [-0.3, -0.25) is 4.79 Å². The zero-order valence-electron chi connectivity index (χ0n) is 13.4. The summed E-state index contributed by atoms with van der Waals surface area (Å²) in [6.07, 6.45) is 0. The smallest absolute Gasteiger partial charge is 0.230 e. The summed E-state index contributed by atoms with van der Waals surface area (Å²) in [7, 11) is 0. The Balaban J connectivity index is 1.57. The van der Waals surface area contributed by atoms with Gasteiger partial charge in [0.25, 0.3) is 0 Å². The molecule has 0 aliphatic carbocycles. The van der Waals surface area contributed by atoms with Gasteiger partial charge in [-0.05, 0) is 29.8 Å². The van der Waals surface area contributed by atoms with E-state index in [1.165, 1.54) is 41.7 Å². The standard InChI is InChI=1S/C18H18ClF2NOS2/c19-16-2-1-3-17(21)15(16)11-24-9-8-22-18(23)12-25-10-13-4-6-14(20)7-5-13/h1-7H,8-12H2,(H,22,23). The van der Waals surface area contributed by atoms with E-state index >= 15 is 0 Å². The summed E-state index contributed by atoms with van der Waals surface area (Å²) in [5.41, 5.74) is 1.48. The molecule has 0 aromatic heterocycles. The Morgan fingerprint density at radius 1 is 1.04 bits per heavy atom. The van der Waals surface area contributed by atoms with Gasteiger partial charge in [0.1, 0.15) is 11.6 Å². The Morgan fingerprint density at radius 2 is 1.80 bits per heavy atom. The van der Waals surface area contributed by atoms with Gasteiger partial charge in [0.05, 0.1) is 5.75 Å². The van der Waals surface area contributed by atoms with E-state index in [-0.39, 0.29) is 17.5 Å². The Hall–Kier alpha value is -1.24. The lowest BCUT2D eigenvalue weighted by atomic mass is 10.2. The molecule has 1 N–H and O–H groups in total. The van der Waals surface area contributed by atoms with Crippen LogP contribution in [0.4, 0.5) is 8.78 Å². The molecule has 0 fully saturated rings. The van der Waals surface area contributed by atoms with Crippen LogP contribution in [-0.4, -0.2) is 24.0 Å². The highest BCUT2D eigenvalue weighted by Gasteiger charge is 2.07. The second-order valence-electron chi connectivity index (χ2n) is 5.22. The van der Waals surface area contributed by atoms with Crippen molar-refractivity contribution in [3.8, 4) is 0 Å². The molecule has 7 heteroatoms. The number of rotatable bonds is 9. The van der Waals surface area contributed by atoms with Crippen molar-refractivity contribution in [2.45, 2.75) is 11.5 Å². The summed E-state index contributed by atoms with van der Waals surface area (Å²) in [5.74, 6) is 1.55. The van der Waals surface area contributed by atoms with Gasteiger partial charge in [0.2, 0.25) is 5.91 Å². The van der Waals surface area contributed by atoms with Crippen LogP contribution in [0.25, 0.3) is 0 Å². The maximum Gasteiger partial charge on any atom is 0.230 e. The van der Waals surface area contributed by atoms with Crippen LogP contribution in [0.5, 0.6) is 0 Å². The van der Waals surface area contributed by atoms with Crippen LogP contribution < -0.4 is 5.32 Å². The minimum Gasteiger partial charge on any atom is -0.355 e. The molecule has 2 rings (SSSR count). The van der Waals surface area contributed by atoms with Gasteiger partial charge in [0.15, 0.2) is 0 Å². The monoisotopic (exact) mass is 401 g/mol. The first-order valence-corrected chi connectivity index (χ1v) is 10.3. The molecule has 1 amide bonds. The minimum atomic E-state index is -0.304. The van der Waals surface area contributed by atoms with Gasteiger partial charge in [-0.1, -0.05) is 29.8 Å². The van der Waals surface area contributed by atoms with Crippen LogP contribution in [0, 0.1) is 11.6 Å². The predicted molar refractivity (Wildman–Crippen MR) is 103 cm³/mol. The van der Waals surface area contributed by atoms with Crippen molar-refractivity contribution >= 4 is 41.0 Å². The van der Waals surface area contributed by atoms with Crippen LogP contribution in [0.3, 0.4) is 0 Å². The highest BCUT2D eigenvalue weighted by Crippen LogP contribution is 2.23. The fourth-order valence-electron chi connectivity index (χ4n) is 2.00. The van der Waals surface area contributed by atoms with Gasteiger partial charge in [-0.2, -0.15) is 11.8 Å². The molecular weight excluding hydrogens is 384 g/mol. The largest absolute Gasteiger partial charge is 0.355 e. The minimum absolute atomic E-state index is 0.0448. The second kappa shape index (κ2) is 10.7. The first-order chi connectivity index (χ1) is 12.1. The third kappa shape index (κ3) is 7.26. The quantitative estimate of drug-likeness (QED) is 0.606. The van der Waals surface area contributed by atoms with Crippen molar-refractivity contribution in [1.82, 2.24) is 5.32 Å². The molecule has 0 bridgehead atoms. The molecule has 0 heterocycles. The molecular formula is C18H18ClF2NOS2. The van der Waals surface area contributed by atoms with Crippen molar-refractivity contribution in [1.29, 1.82) is 0 Å². The zero-order chi connectivity index (χ0) is 18.1. The van der Waals surface area contributed by atoms with E-state index in [1.54, 1.807) is 24.3 Å². The Bertz CT molecular complexity index is 678. The molecule has 134 valence electrons. The van der Waals surface area contributed by atoms with E-state index < -0.39 is 0 Å². The van der Waals surface area contributed by atoms with E-state index in [2.05, 4.69) is 5.32 Å². The average Bonchev–Trinajstić information content (AvgIpc) is 2.58. The third-order valence-corrected chi connectivity index (χ3v) is 5.64. The SMILES string of the molecule is O=C(CSCc1ccc(F)cc1)NCCSCc1c(F)cccc1Cl. The summed E-state index contributed by atoms with van der Waals surface area (Å²) in [5, 5.41) is 3.25. The topological polar surface area (TPSA) is 29.1 Å². The first kappa shape index (κ1) is 20.1. The fourth-order valence-corrected chi connectivity index (χ4v) is 4.02. The van der Waals surface area contributed by atoms with Crippen LogP contribution >= 0.6 is 35.1 Å². The summed E-state index contributed by atoms with van der Waals surface area (Å²) in [6, 6.07) is 10.9. The highest BCUT2D eigenvalue weighted by molar-refractivity contribution is 7.99. The van der Waals surface area contributed by atoms with E-state index in [1.807, 2.05) is 0 Å². The first-order valence-electron chi connectivity index (χ1n) is 7.66. The molecule has 0 saturated heterocycles. The second-order valence-corrected chi connectivity index (χ2v) is 7.72. The zero-order valence-corrected chi connectivity index (χ0v) is 15.8. The number of halogens is 3. The average molecular weight is 402 g/mol. The number of carbonyl (C=O) groups is 1. The number of carbonyl (C=O) groups excluding carboxylic acids is 1. The van der Waals surface area contributed by atoms with E-state index in [0.717, 1.165) is 5.56 Å². The van der Waals surface area contributed by atoms with E-state index in [4.69, 9.17) is 11.6 Å². The van der Waals surface area contributed by atoms with E-state index in [0.29, 0.717) is 40.1 Å². The molecule has 0 aliphatic heterocycles. The predicted octanol–water partition coefficient (Wildman–Crippen LogP) is 4.90. The summed E-state index contributed by atoms with van der Waals surface area (Å²) >= 11 is 8.96. The molecule has 0 aliphatic rings. The lowest BCUT2D eigenvalue weighted by molar-refractivity contribution is -0.118. The number of amides is 1. The highest BCUT2D eigenvalue weighted by atomic mass is 35.5. The van der Waals surface area contributed by atoms with Crippen LogP contribution in [0.15, 0.2) is 42.5 Å². The van der Waals surface area contributed by atoms with Crippen molar-refractivity contribution in [2.75, 3.05) is 18.1 Å². The van der Waals surface area contributed by atoms with Gasteiger partial charge in [0, 0.05) is 34.4 Å². The van der Waals surface area contributed by atoms with Gasteiger partial charge >= 0.3 is 0 Å². The lowest BCUT2D eigenvalue weighted by Crippen LogP contribution is -2.27. The number of benzene rings is 2. The van der Waals surface area contributed by atoms with Crippen LogP contribution in [0.1, 0.15) is 11.1 Å². The fraction of sp³-hybridized carbons (Fsp3) is 0.278. The van der Waals surface area contributed by atoms with Gasteiger partial charge < -0.3 is 5.32 Å². The number of hydrogen-bond donors (Lipinski definition) is 1. The van der Waals surface area contributed by atoms with E-state index in [9.17, 15) is 13.6 Å². The molecule has 2 nitrogen and oxygen atoms in total. The van der Waals surface area contributed by atoms with Crippen molar-refractivity contribution in [3.63, 3.8) is 0 Å².